The summed E-state index contributed by atoms with van der Waals surface area (Å²) in [6.07, 6.45) is 0. The molecule has 19 aromatic rings. The van der Waals surface area contributed by atoms with E-state index in [9.17, 15) is 0 Å². The molecule has 15 aromatic carbocycles. The summed E-state index contributed by atoms with van der Waals surface area (Å²) in [5.74, 6) is 0. The minimum Gasteiger partial charge on any atom is -0.309 e. The molecule has 0 spiro atoms. The van der Waals surface area contributed by atoms with E-state index in [1.807, 2.05) is 0 Å². The lowest BCUT2D eigenvalue weighted by molar-refractivity contribution is -0.677. The second-order valence-corrected chi connectivity index (χ2v) is 25.3. The number of hydrogen-bond acceptors (Lipinski definition) is 0. The average Bonchev–Trinajstić information content (AvgIpc) is 1.55. The quantitative estimate of drug-likeness (QED) is 0.149. The summed E-state index contributed by atoms with van der Waals surface area (Å²) < 4.78 is 7.30. The van der Waals surface area contributed by atoms with E-state index >= 15 is 0 Å². The monoisotopic (exact) mass is 1190 g/mol. The van der Waals surface area contributed by atoms with Crippen LogP contribution in [0.2, 0.25) is 0 Å². The Labute approximate surface area is 542 Å². The number of aromatic nitrogens is 3. The van der Waals surface area contributed by atoms with Crippen LogP contribution in [0.4, 0.5) is 17.1 Å². The second-order valence-electron chi connectivity index (χ2n) is 25.3. The maximum absolute atomic E-state index is 2.46. The van der Waals surface area contributed by atoms with E-state index in [0.717, 1.165) is 5.69 Å². The van der Waals surface area contributed by atoms with Crippen molar-refractivity contribution in [2.24, 2.45) is 0 Å². The van der Waals surface area contributed by atoms with E-state index in [4.69, 9.17) is 0 Å². The molecule has 0 radical (unpaired) electrons. The van der Waals surface area contributed by atoms with Crippen LogP contribution < -0.4 is 4.90 Å². The fraction of sp³-hybridized carbons (Fsp3) is 0. The van der Waals surface area contributed by atoms with E-state index in [2.05, 4.69) is 353 Å². The number of fused-ring (bicyclic) bond motifs is 15. The summed E-state index contributed by atoms with van der Waals surface area (Å²) in [6.45, 7) is 0. The van der Waals surface area contributed by atoms with Crippen LogP contribution in [0.3, 0.4) is 0 Å². The van der Waals surface area contributed by atoms with Crippen LogP contribution >= 0.6 is 0 Å². The summed E-state index contributed by atoms with van der Waals surface area (Å²) in [4.78, 5) is 1.26. The highest BCUT2D eigenvalue weighted by Gasteiger charge is 2.34. The highest BCUT2D eigenvalue weighted by Crippen LogP contribution is 2.46. The topological polar surface area (TPSA) is 18.7 Å². The SMILES string of the molecule is c1ccc(-c2ccc(-c3cccc(-c4cccc(-c5ccc6c(c5)c5cccc7c8ccccc8n6c75)c4)c3)cc2-c2ccc([NH+]3c4ccccc4-c4cc(-n5c6ccccc6c6cc(-c7ccc8c(c7)c7ccccc7n8-c7ccccc7)ccc65)ccc43)cc2)cc1. The standard InChI is InChI=1S/C90H56N4/c1-3-18-57(19-4-1)70-45-38-63(61-22-15-20-59(50-61)60-21-16-23-62(51-60)64-41-48-89-80(55-64)76-31-17-30-75-71-26-7-14-35-85(71)94(89)90(75)76)52-77(70)58-36-42-68(43-37-58)92-83-33-12-10-29-74(83)81-56-69(44-49-88(81)92)93-84-34-13-9-28-73(84)79-54-66(40-47-87(79)93)65-39-46-86-78(53-65)72-27-8-11-32-82(72)91(86)67-24-5-2-6-25-67/h1-56H/p+1. The van der Waals surface area contributed by atoms with Crippen molar-refractivity contribution in [1.29, 1.82) is 0 Å². The van der Waals surface area contributed by atoms with Crippen molar-refractivity contribution < 1.29 is 4.90 Å². The van der Waals surface area contributed by atoms with Gasteiger partial charge in [-0.2, -0.15) is 0 Å². The fourth-order valence-corrected chi connectivity index (χ4v) is 16.0. The van der Waals surface area contributed by atoms with Gasteiger partial charge in [0, 0.05) is 84.3 Å². The summed E-state index contributed by atoms with van der Waals surface area (Å²) in [6, 6.07) is 126. The lowest BCUT2D eigenvalue weighted by Crippen LogP contribution is -2.95. The van der Waals surface area contributed by atoms with E-state index in [1.54, 1.807) is 0 Å². The first kappa shape index (κ1) is 52.4. The molecular formula is C90H57N4+. The maximum Gasteiger partial charge on any atom is 0.149 e. The van der Waals surface area contributed by atoms with Gasteiger partial charge in [-0.25, -0.2) is 4.90 Å². The highest BCUT2D eigenvalue weighted by molar-refractivity contribution is 6.24. The number of rotatable bonds is 9. The third-order valence-corrected chi connectivity index (χ3v) is 20.2. The van der Waals surface area contributed by atoms with Crippen molar-refractivity contribution in [3.63, 3.8) is 0 Å². The summed E-state index contributed by atoms with van der Waals surface area (Å²) >= 11 is 0. The van der Waals surface area contributed by atoms with Crippen LogP contribution in [-0.4, -0.2) is 13.5 Å². The molecule has 5 heterocycles. The third kappa shape index (κ3) is 7.97. The Bertz CT molecular complexity index is 6280. The van der Waals surface area contributed by atoms with Gasteiger partial charge in [0.2, 0.25) is 0 Å². The molecule has 4 heteroatoms. The molecule has 4 nitrogen and oxygen atoms in total. The fourth-order valence-electron chi connectivity index (χ4n) is 16.0. The Morgan fingerprint density at radius 1 is 0.191 bits per heavy atom. The van der Waals surface area contributed by atoms with Gasteiger partial charge >= 0.3 is 0 Å². The molecular weight excluding hydrogens is 1140 g/mol. The minimum absolute atomic E-state index is 1.14. The summed E-state index contributed by atoms with van der Waals surface area (Å²) in [7, 11) is 0. The van der Waals surface area contributed by atoms with Gasteiger partial charge < -0.3 is 13.5 Å². The first-order valence-electron chi connectivity index (χ1n) is 32.5. The van der Waals surface area contributed by atoms with Crippen LogP contribution in [0, 0.1) is 0 Å². The van der Waals surface area contributed by atoms with Gasteiger partial charge in [-0.3, -0.25) is 0 Å². The van der Waals surface area contributed by atoms with Gasteiger partial charge in [0.15, 0.2) is 0 Å². The average molecular weight is 1190 g/mol. The maximum atomic E-state index is 2.46. The molecule has 0 aliphatic carbocycles. The van der Waals surface area contributed by atoms with Crippen molar-refractivity contribution in [2.45, 2.75) is 0 Å². The molecule has 0 fully saturated rings. The molecule has 4 aromatic heterocycles. The first-order chi connectivity index (χ1) is 46.6. The molecule has 0 bridgehead atoms. The molecule has 1 aliphatic rings. The van der Waals surface area contributed by atoms with Crippen molar-refractivity contribution in [3.05, 3.63) is 340 Å². The van der Waals surface area contributed by atoms with Crippen molar-refractivity contribution >= 4 is 98.8 Å². The zero-order chi connectivity index (χ0) is 61.5. The summed E-state index contributed by atoms with van der Waals surface area (Å²) in [5.41, 5.74) is 31.4. The van der Waals surface area contributed by atoms with Crippen LogP contribution in [0.15, 0.2) is 340 Å². The van der Waals surface area contributed by atoms with Gasteiger partial charge in [0.05, 0.1) is 44.2 Å². The molecule has 1 aliphatic heterocycles. The molecule has 0 amide bonds. The van der Waals surface area contributed by atoms with Gasteiger partial charge in [0.1, 0.15) is 17.1 Å². The van der Waals surface area contributed by atoms with Crippen molar-refractivity contribution in [2.75, 3.05) is 0 Å². The number of nitrogens with zero attached hydrogens (tertiary/aromatic N) is 3. The Kier molecular flexibility index (Phi) is 11.5. The first-order valence-corrected chi connectivity index (χ1v) is 32.5. The van der Waals surface area contributed by atoms with Gasteiger partial charge in [-0.1, -0.05) is 200 Å². The van der Waals surface area contributed by atoms with E-state index in [-0.39, 0.29) is 0 Å². The molecule has 1 N–H and O–H groups in total. The minimum atomic E-state index is 1.14. The zero-order valence-corrected chi connectivity index (χ0v) is 51.2. The molecule has 94 heavy (non-hydrogen) atoms. The number of benzene rings is 15. The van der Waals surface area contributed by atoms with E-state index in [1.165, 1.54) is 187 Å². The van der Waals surface area contributed by atoms with E-state index in [0.29, 0.717) is 0 Å². The van der Waals surface area contributed by atoms with Gasteiger partial charge in [0.25, 0.3) is 0 Å². The zero-order valence-electron chi connectivity index (χ0n) is 51.2. The number of nitrogens with one attached hydrogen (secondary N) is 1. The van der Waals surface area contributed by atoms with Crippen LogP contribution in [-0.2, 0) is 0 Å². The normalized spacial score (nSPS) is 13.0. The van der Waals surface area contributed by atoms with Gasteiger partial charge in [-0.05, 0) is 182 Å². The molecule has 1 atom stereocenters. The van der Waals surface area contributed by atoms with Crippen LogP contribution in [0.5, 0.6) is 0 Å². The Morgan fingerprint density at radius 2 is 0.596 bits per heavy atom. The van der Waals surface area contributed by atoms with E-state index < -0.39 is 0 Å². The van der Waals surface area contributed by atoms with Crippen LogP contribution in [0.25, 0.3) is 171 Å². The second kappa shape index (κ2) is 20.6. The van der Waals surface area contributed by atoms with Crippen LogP contribution in [0.1, 0.15) is 0 Å². The van der Waals surface area contributed by atoms with Crippen molar-refractivity contribution in [3.8, 4) is 89.3 Å². The molecule has 0 saturated heterocycles. The molecule has 436 valence electrons. The lowest BCUT2D eigenvalue weighted by Gasteiger charge is -2.17. The summed E-state index contributed by atoms with van der Waals surface area (Å²) in [5, 5.41) is 10.2. The Balaban J connectivity index is 0.629. The Morgan fingerprint density at radius 3 is 1.23 bits per heavy atom. The number of hydrogen-bond donors (Lipinski definition) is 1. The predicted octanol–water partition coefficient (Wildman–Crippen LogP) is 23.2. The number of para-hydroxylation sites is 6. The molecule has 0 saturated carbocycles. The smallest absolute Gasteiger partial charge is 0.149 e. The van der Waals surface area contributed by atoms with Gasteiger partial charge in [-0.15, -0.1) is 0 Å². The lowest BCUT2D eigenvalue weighted by atomic mass is 9.90. The largest absolute Gasteiger partial charge is 0.309 e. The van der Waals surface area contributed by atoms with Crippen molar-refractivity contribution in [1.82, 2.24) is 13.5 Å². The molecule has 1 unspecified atom stereocenters. The predicted molar refractivity (Wildman–Crippen MR) is 394 cm³/mol. The molecule has 20 rings (SSSR count). The number of quaternary nitrogens is 1. The highest BCUT2D eigenvalue weighted by atomic mass is 15.2. The third-order valence-electron chi connectivity index (χ3n) is 20.2. The Hall–Kier alpha value is -12.3.